The summed E-state index contributed by atoms with van der Waals surface area (Å²) in [5.41, 5.74) is -0.674. The van der Waals surface area contributed by atoms with Crippen LogP contribution in [0, 0.1) is 17.9 Å². The van der Waals surface area contributed by atoms with Gasteiger partial charge in [0.05, 0.1) is 18.2 Å². The van der Waals surface area contributed by atoms with Crippen LogP contribution in [0.3, 0.4) is 0 Å². The molecule has 3 rings (SSSR count). The Hall–Kier alpha value is -3.79. The second-order valence-electron chi connectivity index (χ2n) is 8.40. The van der Waals surface area contributed by atoms with Crippen LogP contribution < -0.4 is 10.1 Å². The van der Waals surface area contributed by atoms with E-state index in [4.69, 9.17) is 38.0 Å². The zero-order chi connectivity index (χ0) is 29.3. The Kier molecular flexibility index (Phi) is 11.2. The maximum Gasteiger partial charge on any atom is 0.335 e. The van der Waals surface area contributed by atoms with Crippen LogP contribution in [0.15, 0.2) is 42.5 Å². The molecule has 0 radical (unpaired) electrons. The zero-order valence-electron chi connectivity index (χ0n) is 20.7. The van der Waals surface area contributed by atoms with Crippen molar-refractivity contribution >= 4 is 34.9 Å². The van der Waals surface area contributed by atoms with E-state index in [1.807, 2.05) is 6.07 Å². The fourth-order valence-corrected chi connectivity index (χ4v) is 3.33. The number of carboxylic acid groups (broad SMARTS) is 1. The third kappa shape index (κ3) is 8.35. The van der Waals surface area contributed by atoms with E-state index in [0.717, 1.165) is 0 Å². The van der Waals surface area contributed by atoms with Gasteiger partial charge in [-0.15, -0.1) is 0 Å². The van der Waals surface area contributed by atoms with E-state index < -0.39 is 48.2 Å². The number of ether oxygens (including phenoxy) is 3. The first-order valence-electron chi connectivity index (χ1n) is 11.1. The van der Waals surface area contributed by atoms with Crippen molar-refractivity contribution in [3.05, 3.63) is 64.5 Å². The van der Waals surface area contributed by atoms with E-state index >= 15 is 0 Å². The topological polar surface area (TPSA) is 203 Å². The molecular formula is C25H26ClN3O10. The molecule has 1 amide bonds. The van der Waals surface area contributed by atoms with Gasteiger partial charge in [0, 0.05) is 17.8 Å². The molecule has 2 aromatic rings. The number of nitriles is 1. The number of aliphatic hydroxyl groups is 4. The lowest BCUT2D eigenvalue weighted by Crippen LogP contribution is -2.60. The summed E-state index contributed by atoms with van der Waals surface area (Å²) in [5, 5.41) is 58.1. The van der Waals surface area contributed by atoms with Crippen LogP contribution in [0.2, 0.25) is 5.02 Å². The Morgan fingerprint density at radius 3 is 2.33 bits per heavy atom. The van der Waals surface area contributed by atoms with Crippen LogP contribution in [0.25, 0.3) is 4.85 Å². The molecule has 1 aliphatic heterocycles. The summed E-state index contributed by atoms with van der Waals surface area (Å²) in [7, 11) is 1.19. The molecule has 0 spiro atoms. The lowest BCUT2D eigenvalue weighted by molar-refractivity contribution is -0.287. The van der Waals surface area contributed by atoms with Gasteiger partial charge in [-0.2, -0.15) is 5.26 Å². The van der Waals surface area contributed by atoms with Crippen LogP contribution in [0.4, 0.5) is 11.4 Å². The third-order valence-corrected chi connectivity index (χ3v) is 5.67. The van der Waals surface area contributed by atoms with Gasteiger partial charge in [0.15, 0.2) is 18.0 Å². The van der Waals surface area contributed by atoms with Crippen molar-refractivity contribution in [2.24, 2.45) is 0 Å². The average molecular weight is 564 g/mol. The lowest BCUT2D eigenvalue weighted by atomic mass is 9.99. The summed E-state index contributed by atoms with van der Waals surface area (Å²) >= 11 is 5.92. The second kappa shape index (κ2) is 13.8. The number of anilines is 1. The number of nitrogens with one attached hydrogen (secondary N) is 1. The molecular weight excluding hydrogens is 538 g/mol. The van der Waals surface area contributed by atoms with Gasteiger partial charge in [-0.3, -0.25) is 4.79 Å². The fourth-order valence-electron chi connectivity index (χ4n) is 3.10. The number of aliphatic carboxylic acids is 1. The molecule has 0 aromatic heterocycles. The number of carboxylic acids is 1. The SMILES string of the molecule is COC1OC(C(=O)O)C(O)C(O)C1O.[C-]#[N+]c1ccc(NC(=O)[C@@](C)(O)COc2ccc(C#N)cc2)cc1Cl. The molecule has 1 saturated heterocycles. The van der Waals surface area contributed by atoms with Crippen LogP contribution in [0.5, 0.6) is 5.75 Å². The Morgan fingerprint density at radius 1 is 1.18 bits per heavy atom. The normalized spacial score (nSPS) is 23.6. The van der Waals surface area contributed by atoms with Crippen LogP contribution in [0.1, 0.15) is 12.5 Å². The van der Waals surface area contributed by atoms with E-state index in [1.165, 1.54) is 32.2 Å². The summed E-state index contributed by atoms with van der Waals surface area (Å²) < 4.78 is 14.7. The summed E-state index contributed by atoms with van der Waals surface area (Å²) in [5.74, 6) is -1.67. The molecule has 13 nitrogen and oxygen atoms in total. The first-order chi connectivity index (χ1) is 18.3. The van der Waals surface area contributed by atoms with Crippen LogP contribution in [-0.4, -0.2) is 87.4 Å². The molecule has 1 aliphatic rings. The van der Waals surface area contributed by atoms with Gasteiger partial charge < -0.3 is 45.1 Å². The van der Waals surface area contributed by atoms with Crippen molar-refractivity contribution in [3.63, 3.8) is 0 Å². The highest BCUT2D eigenvalue weighted by Crippen LogP contribution is 2.28. The second-order valence-corrected chi connectivity index (χ2v) is 8.81. The summed E-state index contributed by atoms with van der Waals surface area (Å²) in [6, 6.07) is 12.7. The molecule has 2 aromatic carbocycles. The van der Waals surface area contributed by atoms with Crippen molar-refractivity contribution < 1.29 is 49.3 Å². The molecule has 0 bridgehead atoms. The van der Waals surface area contributed by atoms with Crippen LogP contribution >= 0.6 is 11.6 Å². The van der Waals surface area contributed by atoms with Gasteiger partial charge in [0.1, 0.15) is 30.7 Å². The van der Waals surface area contributed by atoms with Crippen molar-refractivity contribution in [1.82, 2.24) is 0 Å². The van der Waals surface area contributed by atoms with Crippen molar-refractivity contribution in [2.75, 3.05) is 19.0 Å². The van der Waals surface area contributed by atoms with Crippen LogP contribution in [-0.2, 0) is 19.1 Å². The Bertz CT molecular complexity index is 1240. The molecule has 0 aliphatic carbocycles. The highest BCUT2D eigenvalue weighted by Gasteiger charge is 2.47. The number of hydrogen-bond acceptors (Lipinski definition) is 10. The Morgan fingerprint density at radius 2 is 1.82 bits per heavy atom. The first kappa shape index (κ1) is 31.4. The number of carbonyl (C=O) groups excluding carboxylic acids is 1. The number of benzene rings is 2. The molecule has 39 heavy (non-hydrogen) atoms. The third-order valence-electron chi connectivity index (χ3n) is 5.36. The first-order valence-corrected chi connectivity index (χ1v) is 11.5. The van der Waals surface area contributed by atoms with Gasteiger partial charge in [-0.05, 0) is 43.3 Å². The summed E-state index contributed by atoms with van der Waals surface area (Å²) in [6.45, 7) is 7.98. The molecule has 1 fully saturated rings. The van der Waals surface area contributed by atoms with E-state index in [-0.39, 0.29) is 17.3 Å². The quantitative estimate of drug-likeness (QED) is 0.263. The highest BCUT2D eigenvalue weighted by atomic mass is 35.5. The number of aliphatic hydroxyl groups excluding tert-OH is 3. The van der Waals surface area contributed by atoms with Gasteiger partial charge in [-0.1, -0.05) is 17.7 Å². The summed E-state index contributed by atoms with van der Waals surface area (Å²) in [4.78, 5) is 26.0. The molecule has 5 unspecified atom stereocenters. The maximum atomic E-state index is 12.2. The highest BCUT2D eigenvalue weighted by molar-refractivity contribution is 6.33. The minimum absolute atomic E-state index is 0.210. The number of nitrogens with zero attached hydrogens (tertiary/aromatic N) is 2. The molecule has 208 valence electrons. The maximum absolute atomic E-state index is 12.2. The van der Waals surface area contributed by atoms with E-state index in [2.05, 4.69) is 14.9 Å². The standard InChI is InChI=1S/C18H14ClN3O3.C7H12O7/c1-18(24,11-25-14-6-3-12(10-20)4-7-14)17(23)22-13-5-8-16(21-2)15(19)9-13;1-13-7-4(10)2(8)3(9)5(14-7)6(11)12/h3-9,24H,11H2,1H3,(H,22,23);2-5,7-10H,1H3,(H,11,12)/t18-;/m0./s1. The number of methoxy groups -OCH3 is 1. The number of amides is 1. The number of rotatable bonds is 7. The minimum Gasteiger partial charge on any atom is -0.490 e. The molecule has 0 saturated carbocycles. The molecule has 1 heterocycles. The number of halogens is 1. The molecule has 14 heteroatoms. The van der Waals surface area contributed by atoms with Gasteiger partial charge in [0.2, 0.25) is 5.69 Å². The van der Waals surface area contributed by atoms with E-state index in [1.54, 1.807) is 24.3 Å². The minimum atomic E-state index is -1.79. The van der Waals surface area contributed by atoms with Gasteiger partial charge >= 0.3 is 5.97 Å². The van der Waals surface area contributed by atoms with E-state index in [9.17, 15) is 30.0 Å². The largest absolute Gasteiger partial charge is 0.490 e. The van der Waals surface area contributed by atoms with Crippen molar-refractivity contribution in [2.45, 2.75) is 43.2 Å². The monoisotopic (exact) mass is 563 g/mol. The number of carbonyl (C=O) groups is 2. The fraction of sp³-hybridized carbons (Fsp3) is 0.360. The van der Waals surface area contributed by atoms with Crippen molar-refractivity contribution in [1.29, 1.82) is 5.26 Å². The van der Waals surface area contributed by atoms with Gasteiger partial charge in [0.25, 0.3) is 5.91 Å². The Balaban J connectivity index is 0.000000322. The smallest absolute Gasteiger partial charge is 0.335 e. The van der Waals surface area contributed by atoms with Crippen molar-refractivity contribution in [3.8, 4) is 11.8 Å². The Labute approximate surface area is 228 Å². The predicted octanol–water partition coefficient (Wildman–Crippen LogP) is 1.06. The zero-order valence-corrected chi connectivity index (χ0v) is 21.4. The lowest BCUT2D eigenvalue weighted by Gasteiger charge is -2.37. The number of hydrogen-bond donors (Lipinski definition) is 6. The molecule has 6 N–H and O–H groups in total. The summed E-state index contributed by atoms with van der Waals surface area (Å²) in [6.07, 6.45) is -7.60. The van der Waals surface area contributed by atoms with E-state index in [0.29, 0.717) is 17.0 Å². The average Bonchev–Trinajstić information content (AvgIpc) is 2.91. The molecule has 6 atom stereocenters. The predicted molar refractivity (Wildman–Crippen MR) is 135 cm³/mol. The van der Waals surface area contributed by atoms with Gasteiger partial charge in [-0.25, -0.2) is 9.64 Å².